The molecule has 0 radical (unpaired) electrons. The minimum atomic E-state index is 0.901. The summed E-state index contributed by atoms with van der Waals surface area (Å²) in [6, 6.07) is 16.3. The van der Waals surface area contributed by atoms with Crippen molar-refractivity contribution in [3.05, 3.63) is 66.2 Å². The van der Waals surface area contributed by atoms with Gasteiger partial charge in [-0.15, -0.1) is 0 Å². The summed E-state index contributed by atoms with van der Waals surface area (Å²) >= 11 is 0. The number of para-hydroxylation sites is 1. The molecule has 1 aromatic carbocycles. The van der Waals surface area contributed by atoms with Crippen molar-refractivity contribution in [3.8, 4) is 0 Å². The normalized spacial score (nSPS) is 10.8. The number of aromatic nitrogens is 1. The van der Waals surface area contributed by atoms with E-state index >= 15 is 0 Å². The molecule has 0 aliphatic heterocycles. The van der Waals surface area contributed by atoms with Gasteiger partial charge in [-0.25, -0.2) is 0 Å². The molecule has 0 spiro atoms. The lowest BCUT2D eigenvalue weighted by molar-refractivity contribution is 0.507. The van der Waals surface area contributed by atoms with E-state index in [1.807, 2.05) is 30.3 Å². The average Bonchev–Trinajstić information content (AvgIpc) is 2.89. The molecule has 0 amide bonds. The Labute approximate surface area is 99.9 Å². The molecule has 0 fully saturated rings. The van der Waals surface area contributed by atoms with Crippen LogP contribution >= 0.6 is 0 Å². The van der Waals surface area contributed by atoms with Gasteiger partial charge in [0.05, 0.1) is 11.8 Å². The van der Waals surface area contributed by atoms with Gasteiger partial charge in [-0.1, -0.05) is 24.3 Å². The highest BCUT2D eigenvalue weighted by atomic mass is 16.3. The van der Waals surface area contributed by atoms with Gasteiger partial charge in [0.1, 0.15) is 5.76 Å². The molecule has 0 unspecified atom stereocenters. The monoisotopic (exact) mass is 223 g/mol. The lowest BCUT2D eigenvalue weighted by Gasteiger charge is -2.01. The van der Waals surface area contributed by atoms with Crippen LogP contribution in [0.3, 0.4) is 0 Å². The summed E-state index contributed by atoms with van der Waals surface area (Å²) in [6.07, 6.45) is 3.53. The summed E-state index contributed by atoms with van der Waals surface area (Å²) < 4.78 is 5.31. The van der Waals surface area contributed by atoms with Crippen LogP contribution in [-0.4, -0.2) is 4.98 Å². The molecule has 3 rings (SSSR count). The second-order valence-electron chi connectivity index (χ2n) is 4.07. The zero-order valence-electron chi connectivity index (χ0n) is 9.47. The van der Waals surface area contributed by atoms with E-state index in [0.717, 1.165) is 29.8 Å². The maximum Gasteiger partial charge on any atom is 0.104 e. The molecule has 2 aromatic heterocycles. The number of pyridine rings is 1. The predicted molar refractivity (Wildman–Crippen MR) is 67.9 cm³/mol. The molecular formula is C15H13NO. The average molecular weight is 223 g/mol. The fraction of sp³-hybridized carbons (Fsp3) is 0.133. The molecule has 0 N–H and O–H groups in total. The van der Waals surface area contributed by atoms with Gasteiger partial charge < -0.3 is 4.42 Å². The Morgan fingerprint density at radius 1 is 0.882 bits per heavy atom. The highest BCUT2D eigenvalue weighted by Gasteiger charge is 2.00. The maximum absolute atomic E-state index is 5.31. The zero-order chi connectivity index (χ0) is 11.5. The minimum Gasteiger partial charge on any atom is -0.469 e. The molecule has 2 heteroatoms. The van der Waals surface area contributed by atoms with Crippen LogP contribution in [0.15, 0.2) is 59.2 Å². The number of rotatable bonds is 3. The van der Waals surface area contributed by atoms with E-state index in [0.29, 0.717) is 0 Å². The minimum absolute atomic E-state index is 0.901. The van der Waals surface area contributed by atoms with E-state index in [-0.39, 0.29) is 0 Å². The number of hydrogen-bond donors (Lipinski definition) is 0. The van der Waals surface area contributed by atoms with Gasteiger partial charge >= 0.3 is 0 Å². The van der Waals surface area contributed by atoms with E-state index in [2.05, 4.69) is 23.2 Å². The van der Waals surface area contributed by atoms with Gasteiger partial charge in [0.25, 0.3) is 0 Å². The topological polar surface area (TPSA) is 26.0 Å². The Hall–Kier alpha value is -2.09. The number of benzene rings is 1. The van der Waals surface area contributed by atoms with Gasteiger partial charge in [0.15, 0.2) is 0 Å². The predicted octanol–water partition coefficient (Wildman–Crippen LogP) is 3.61. The van der Waals surface area contributed by atoms with Gasteiger partial charge in [0, 0.05) is 17.5 Å². The standard InChI is InChI=1S/C15H13NO/c1-2-6-15-12(4-1)7-8-13(16-15)9-10-14-5-3-11-17-14/h1-8,11H,9-10H2. The van der Waals surface area contributed by atoms with Crippen LogP contribution in [0.1, 0.15) is 11.5 Å². The molecule has 2 heterocycles. The summed E-state index contributed by atoms with van der Waals surface area (Å²) in [6.45, 7) is 0. The molecule has 0 bridgehead atoms. The molecule has 0 saturated heterocycles. The largest absolute Gasteiger partial charge is 0.469 e. The molecular weight excluding hydrogens is 210 g/mol. The first-order valence-electron chi connectivity index (χ1n) is 5.79. The Morgan fingerprint density at radius 2 is 1.82 bits per heavy atom. The summed E-state index contributed by atoms with van der Waals surface area (Å²) in [5, 5.41) is 1.19. The van der Waals surface area contributed by atoms with Crippen LogP contribution in [0.25, 0.3) is 10.9 Å². The van der Waals surface area contributed by atoms with Gasteiger partial charge in [-0.2, -0.15) is 0 Å². The molecule has 84 valence electrons. The van der Waals surface area contributed by atoms with Crippen molar-refractivity contribution >= 4 is 10.9 Å². The highest BCUT2D eigenvalue weighted by Crippen LogP contribution is 2.13. The van der Waals surface area contributed by atoms with Gasteiger partial charge in [-0.3, -0.25) is 4.98 Å². The second-order valence-corrected chi connectivity index (χ2v) is 4.07. The summed E-state index contributed by atoms with van der Waals surface area (Å²) in [5.41, 5.74) is 2.17. The molecule has 0 aliphatic carbocycles. The van der Waals surface area contributed by atoms with Gasteiger partial charge in [0.2, 0.25) is 0 Å². The van der Waals surface area contributed by atoms with Crippen LogP contribution < -0.4 is 0 Å². The summed E-state index contributed by atoms with van der Waals surface area (Å²) in [5.74, 6) is 1.01. The Balaban J connectivity index is 1.81. The molecule has 0 atom stereocenters. The van der Waals surface area contributed by atoms with Crippen LogP contribution in [0.4, 0.5) is 0 Å². The van der Waals surface area contributed by atoms with E-state index in [1.54, 1.807) is 6.26 Å². The zero-order valence-corrected chi connectivity index (χ0v) is 9.47. The van der Waals surface area contributed by atoms with E-state index < -0.39 is 0 Å². The van der Waals surface area contributed by atoms with Crippen LogP contribution in [0.2, 0.25) is 0 Å². The van der Waals surface area contributed by atoms with E-state index in [1.165, 1.54) is 5.39 Å². The fourth-order valence-electron chi connectivity index (χ4n) is 1.95. The van der Waals surface area contributed by atoms with Crippen LogP contribution in [-0.2, 0) is 12.8 Å². The number of hydrogen-bond acceptors (Lipinski definition) is 2. The van der Waals surface area contributed by atoms with E-state index in [4.69, 9.17) is 4.42 Å². The number of aryl methyl sites for hydroxylation is 2. The smallest absolute Gasteiger partial charge is 0.104 e. The summed E-state index contributed by atoms with van der Waals surface area (Å²) in [4.78, 5) is 4.63. The SMILES string of the molecule is c1coc(CCc2ccc3ccccc3n2)c1. The highest BCUT2D eigenvalue weighted by molar-refractivity contribution is 5.78. The lowest BCUT2D eigenvalue weighted by Crippen LogP contribution is -1.93. The van der Waals surface area contributed by atoms with E-state index in [9.17, 15) is 0 Å². The van der Waals surface area contributed by atoms with Gasteiger partial charge in [-0.05, 0) is 30.7 Å². The van der Waals surface area contributed by atoms with Crippen molar-refractivity contribution in [2.45, 2.75) is 12.8 Å². The Morgan fingerprint density at radius 3 is 2.71 bits per heavy atom. The molecule has 17 heavy (non-hydrogen) atoms. The molecule has 3 aromatic rings. The van der Waals surface area contributed by atoms with Crippen molar-refractivity contribution in [1.29, 1.82) is 0 Å². The van der Waals surface area contributed by atoms with Crippen molar-refractivity contribution in [2.75, 3.05) is 0 Å². The van der Waals surface area contributed by atoms with Crippen molar-refractivity contribution < 1.29 is 4.42 Å². The first kappa shape index (κ1) is 10.1. The van der Waals surface area contributed by atoms with Crippen LogP contribution in [0.5, 0.6) is 0 Å². The number of fused-ring (bicyclic) bond motifs is 1. The third-order valence-electron chi connectivity index (χ3n) is 2.86. The summed E-state index contributed by atoms with van der Waals surface area (Å²) in [7, 11) is 0. The third kappa shape index (κ3) is 2.21. The third-order valence-corrected chi connectivity index (χ3v) is 2.86. The fourth-order valence-corrected chi connectivity index (χ4v) is 1.95. The van der Waals surface area contributed by atoms with Crippen molar-refractivity contribution in [1.82, 2.24) is 4.98 Å². The quantitative estimate of drug-likeness (QED) is 0.678. The molecule has 2 nitrogen and oxygen atoms in total. The van der Waals surface area contributed by atoms with Crippen molar-refractivity contribution in [3.63, 3.8) is 0 Å². The maximum atomic E-state index is 5.31. The molecule has 0 saturated carbocycles. The molecule has 0 aliphatic rings. The Bertz CT molecular complexity index is 614. The second kappa shape index (κ2) is 4.42. The van der Waals surface area contributed by atoms with Crippen LogP contribution in [0, 0.1) is 0 Å². The number of nitrogens with zero attached hydrogens (tertiary/aromatic N) is 1. The van der Waals surface area contributed by atoms with Crippen molar-refractivity contribution in [2.24, 2.45) is 0 Å². The number of furan rings is 1. The lowest BCUT2D eigenvalue weighted by atomic mass is 10.1. The Kier molecular flexibility index (Phi) is 2.62. The first-order chi connectivity index (χ1) is 8.42. The first-order valence-corrected chi connectivity index (χ1v) is 5.79.